The van der Waals surface area contributed by atoms with E-state index in [0.717, 1.165) is 17.7 Å². The second-order valence-corrected chi connectivity index (χ2v) is 5.11. The fourth-order valence-corrected chi connectivity index (χ4v) is 2.17. The minimum absolute atomic E-state index is 0.00194. The molecular formula is C16H16F2N2O. The summed E-state index contributed by atoms with van der Waals surface area (Å²) in [7, 11) is 0. The maximum atomic E-state index is 14.0. The van der Waals surface area contributed by atoms with E-state index in [-0.39, 0.29) is 5.56 Å². The molecule has 0 spiro atoms. The van der Waals surface area contributed by atoms with E-state index in [4.69, 9.17) is 5.73 Å². The fourth-order valence-electron chi connectivity index (χ4n) is 2.17. The first-order chi connectivity index (χ1) is 9.83. The standard InChI is InChI=1S/C16H16F2N2O/c1-10-4-3-5-12(8-10)20-16(2,15(19)21)13-7-6-11(17)9-14(13)18/h3-9,20H,1-2H3,(H2,19,21). The maximum Gasteiger partial charge on any atom is 0.247 e. The van der Waals surface area contributed by atoms with Crippen molar-refractivity contribution in [1.82, 2.24) is 0 Å². The number of aryl methyl sites for hydroxylation is 1. The average Bonchev–Trinajstić information content (AvgIpc) is 2.38. The average molecular weight is 290 g/mol. The zero-order valence-corrected chi connectivity index (χ0v) is 11.8. The maximum absolute atomic E-state index is 14.0. The first-order valence-corrected chi connectivity index (χ1v) is 6.43. The molecule has 0 fully saturated rings. The van der Waals surface area contributed by atoms with Crippen molar-refractivity contribution in [2.75, 3.05) is 5.32 Å². The summed E-state index contributed by atoms with van der Waals surface area (Å²) in [6, 6.07) is 10.3. The molecular weight excluding hydrogens is 274 g/mol. The number of hydrogen-bond donors (Lipinski definition) is 2. The van der Waals surface area contributed by atoms with Gasteiger partial charge in [-0.2, -0.15) is 0 Å². The van der Waals surface area contributed by atoms with Gasteiger partial charge in [0.25, 0.3) is 0 Å². The number of halogens is 2. The van der Waals surface area contributed by atoms with E-state index < -0.39 is 23.1 Å². The molecule has 0 radical (unpaired) electrons. The van der Waals surface area contributed by atoms with Gasteiger partial charge >= 0.3 is 0 Å². The second-order valence-electron chi connectivity index (χ2n) is 5.11. The molecule has 2 aromatic carbocycles. The molecule has 3 nitrogen and oxygen atoms in total. The topological polar surface area (TPSA) is 55.1 Å². The van der Waals surface area contributed by atoms with Gasteiger partial charge in [0.05, 0.1) is 0 Å². The van der Waals surface area contributed by atoms with Gasteiger partial charge in [-0.1, -0.05) is 18.2 Å². The summed E-state index contributed by atoms with van der Waals surface area (Å²) in [5.74, 6) is -2.29. The summed E-state index contributed by atoms with van der Waals surface area (Å²) >= 11 is 0. The van der Waals surface area contributed by atoms with Crippen LogP contribution < -0.4 is 11.1 Å². The lowest BCUT2D eigenvalue weighted by atomic mass is 9.90. The van der Waals surface area contributed by atoms with Crippen molar-refractivity contribution in [2.45, 2.75) is 19.4 Å². The quantitative estimate of drug-likeness (QED) is 0.909. The number of nitrogens with two attached hydrogens (primary N) is 1. The van der Waals surface area contributed by atoms with Crippen molar-refractivity contribution in [3.8, 4) is 0 Å². The zero-order chi connectivity index (χ0) is 15.6. The van der Waals surface area contributed by atoms with Gasteiger partial charge in [-0.25, -0.2) is 8.78 Å². The molecule has 3 N–H and O–H groups in total. The fraction of sp³-hybridized carbons (Fsp3) is 0.188. The van der Waals surface area contributed by atoms with Crippen molar-refractivity contribution < 1.29 is 13.6 Å². The second kappa shape index (κ2) is 5.52. The summed E-state index contributed by atoms with van der Waals surface area (Å²) < 4.78 is 27.0. The SMILES string of the molecule is Cc1cccc(NC(C)(C(N)=O)c2ccc(F)cc2F)c1. The van der Waals surface area contributed by atoms with Crippen molar-refractivity contribution in [3.63, 3.8) is 0 Å². The van der Waals surface area contributed by atoms with Crippen molar-refractivity contribution >= 4 is 11.6 Å². The first kappa shape index (κ1) is 15.0. The van der Waals surface area contributed by atoms with Gasteiger partial charge in [-0.05, 0) is 37.6 Å². The number of benzene rings is 2. The van der Waals surface area contributed by atoms with Crippen LogP contribution in [0.4, 0.5) is 14.5 Å². The molecule has 0 aliphatic heterocycles. The van der Waals surface area contributed by atoms with Crippen molar-refractivity contribution in [2.24, 2.45) is 5.73 Å². The van der Waals surface area contributed by atoms with Crippen LogP contribution in [-0.2, 0) is 10.3 Å². The third-order valence-corrected chi connectivity index (χ3v) is 3.38. The van der Waals surface area contributed by atoms with E-state index in [9.17, 15) is 13.6 Å². The predicted molar refractivity (Wildman–Crippen MR) is 77.7 cm³/mol. The lowest BCUT2D eigenvalue weighted by molar-refractivity contribution is -0.122. The number of rotatable bonds is 4. The van der Waals surface area contributed by atoms with Gasteiger partial charge in [0.2, 0.25) is 5.91 Å². The Hall–Kier alpha value is -2.43. The highest BCUT2D eigenvalue weighted by Gasteiger charge is 2.35. The summed E-state index contributed by atoms with van der Waals surface area (Å²) in [4.78, 5) is 11.8. The summed E-state index contributed by atoms with van der Waals surface area (Å²) in [5.41, 5.74) is 5.55. The summed E-state index contributed by atoms with van der Waals surface area (Å²) in [6.45, 7) is 3.36. The first-order valence-electron chi connectivity index (χ1n) is 6.43. The van der Waals surface area contributed by atoms with Gasteiger partial charge in [0.1, 0.15) is 17.2 Å². The van der Waals surface area contributed by atoms with Crippen LogP contribution in [0.1, 0.15) is 18.1 Å². The Morgan fingerprint density at radius 1 is 1.19 bits per heavy atom. The molecule has 0 aliphatic rings. The highest BCUT2D eigenvalue weighted by Crippen LogP contribution is 2.29. The van der Waals surface area contributed by atoms with Crippen LogP contribution in [0.25, 0.3) is 0 Å². The monoisotopic (exact) mass is 290 g/mol. The van der Waals surface area contributed by atoms with Crippen LogP contribution >= 0.6 is 0 Å². The molecule has 0 saturated heterocycles. The lowest BCUT2D eigenvalue weighted by Gasteiger charge is -2.29. The molecule has 0 heterocycles. The predicted octanol–water partition coefficient (Wildman–Crippen LogP) is 3.09. The Balaban J connectivity index is 2.48. The lowest BCUT2D eigenvalue weighted by Crippen LogP contribution is -2.45. The number of amides is 1. The Labute approximate surface area is 121 Å². The molecule has 1 unspecified atom stereocenters. The Morgan fingerprint density at radius 3 is 2.48 bits per heavy atom. The van der Waals surface area contributed by atoms with Crippen LogP contribution in [0.3, 0.4) is 0 Å². The number of nitrogens with one attached hydrogen (secondary N) is 1. The highest BCUT2D eigenvalue weighted by atomic mass is 19.1. The van der Waals surface area contributed by atoms with Crippen LogP contribution in [-0.4, -0.2) is 5.91 Å². The van der Waals surface area contributed by atoms with E-state index in [1.807, 2.05) is 19.1 Å². The summed E-state index contributed by atoms with van der Waals surface area (Å²) in [6.07, 6.45) is 0. The molecule has 0 saturated carbocycles. The van der Waals surface area contributed by atoms with E-state index in [1.54, 1.807) is 12.1 Å². The molecule has 0 aromatic heterocycles. The summed E-state index contributed by atoms with van der Waals surface area (Å²) in [5, 5.41) is 2.94. The van der Waals surface area contributed by atoms with Gasteiger partial charge < -0.3 is 11.1 Å². The Kier molecular flexibility index (Phi) is 3.93. The van der Waals surface area contributed by atoms with Crippen LogP contribution in [0.15, 0.2) is 42.5 Å². The number of primary amides is 1. The van der Waals surface area contributed by atoms with E-state index >= 15 is 0 Å². The third kappa shape index (κ3) is 3.02. The van der Waals surface area contributed by atoms with Crippen LogP contribution in [0.5, 0.6) is 0 Å². The minimum atomic E-state index is -1.48. The largest absolute Gasteiger partial charge is 0.368 e. The number of hydrogen-bond acceptors (Lipinski definition) is 2. The Bertz CT molecular complexity index is 688. The van der Waals surface area contributed by atoms with E-state index in [0.29, 0.717) is 5.69 Å². The zero-order valence-electron chi connectivity index (χ0n) is 11.8. The molecule has 1 amide bonds. The van der Waals surface area contributed by atoms with E-state index in [1.165, 1.54) is 13.0 Å². The minimum Gasteiger partial charge on any atom is -0.368 e. The smallest absolute Gasteiger partial charge is 0.247 e. The van der Waals surface area contributed by atoms with Crippen LogP contribution in [0.2, 0.25) is 0 Å². The molecule has 2 aromatic rings. The molecule has 2 rings (SSSR count). The van der Waals surface area contributed by atoms with Crippen molar-refractivity contribution in [3.05, 3.63) is 65.2 Å². The molecule has 0 aliphatic carbocycles. The number of carbonyl (C=O) groups excluding carboxylic acids is 1. The van der Waals surface area contributed by atoms with Gasteiger partial charge in [-0.3, -0.25) is 4.79 Å². The van der Waals surface area contributed by atoms with Crippen molar-refractivity contribution in [1.29, 1.82) is 0 Å². The van der Waals surface area contributed by atoms with Crippen LogP contribution in [0, 0.1) is 18.6 Å². The molecule has 1 atom stereocenters. The molecule has 5 heteroatoms. The molecule has 0 bridgehead atoms. The Morgan fingerprint density at radius 2 is 1.90 bits per heavy atom. The normalized spacial score (nSPS) is 13.5. The van der Waals surface area contributed by atoms with Gasteiger partial charge in [-0.15, -0.1) is 0 Å². The van der Waals surface area contributed by atoms with Gasteiger partial charge in [0, 0.05) is 17.3 Å². The highest BCUT2D eigenvalue weighted by molar-refractivity contribution is 5.89. The third-order valence-electron chi connectivity index (χ3n) is 3.38. The van der Waals surface area contributed by atoms with E-state index in [2.05, 4.69) is 5.32 Å². The van der Waals surface area contributed by atoms with Gasteiger partial charge in [0.15, 0.2) is 0 Å². The molecule has 21 heavy (non-hydrogen) atoms. The number of carbonyl (C=O) groups is 1. The molecule has 110 valence electrons. The number of anilines is 1.